The second-order valence-electron chi connectivity index (χ2n) is 3.95. The average Bonchev–Trinajstić information content (AvgIpc) is 2.52. The van der Waals surface area contributed by atoms with E-state index in [-0.39, 0.29) is 10.7 Å². The molecule has 0 bridgehead atoms. The largest absolute Gasteiger partial charge is 0.383 e. The highest BCUT2D eigenvalue weighted by Gasteiger charge is 2.25. The maximum Gasteiger partial charge on any atom is 0.133 e. The molecule has 1 heterocycles. The molecular weight excluding hydrogens is 262 g/mol. The fraction of sp³-hybridized carbons (Fsp3) is 0.250. The maximum atomic E-state index is 13.6. The SMILES string of the molecule is Cc1nn(C)c(Cl)c1C(O)c1c(F)cccc1F. The minimum absolute atomic E-state index is 0.155. The van der Waals surface area contributed by atoms with Gasteiger partial charge in [-0.2, -0.15) is 5.10 Å². The molecule has 0 aliphatic carbocycles. The van der Waals surface area contributed by atoms with Gasteiger partial charge in [0, 0.05) is 12.6 Å². The van der Waals surface area contributed by atoms with E-state index in [1.165, 1.54) is 10.7 Å². The quantitative estimate of drug-likeness (QED) is 0.913. The van der Waals surface area contributed by atoms with Crippen LogP contribution in [0.25, 0.3) is 0 Å². The Hall–Kier alpha value is -1.46. The number of benzene rings is 1. The molecule has 2 rings (SSSR count). The van der Waals surface area contributed by atoms with Crippen molar-refractivity contribution in [3.8, 4) is 0 Å². The summed E-state index contributed by atoms with van der Waals surface area (Å²) in [4.78, 5) is 0. The van der Waals surface area contributed by atoms with Crippen LogP contribution in [0.3, 0.4) is 0 Å². The smallest absolute Gasteiger partial charge is 0.133 e. The van der Waals surface area contributed by atoms with Crippen LogP contribution in [-0.4, -0.2) is 14.9 Å². The molecule has 1 atom stereocenters. The number of halogens is 3. The molecule has 18 heavy (non-hydrogen) atoms. The fourth-order valence-electron chi connectivity index (χ4n) is 1.87. The molecule has 0 saturated carbocycles. The van der Waals surface area contributed by atoms with Gasteiger partial charge in [0.1, 0.15) is 22.9 Å². The van der Waals surface area contributed by atoms with Crippen LogP contribution in [0.5, 0.6) is 0 Å². The number of nitrogens with zero attached hydrogens (tertiary/aromatic N) is 2. The lowest BCUT2D eigenvalue weighted by Gasteiger charge is -2.13. The van der Waals surface area contributed by atoms with E-state index < -0.39 is 23.3 Å². The van der Waals surface area contributed by atoms with E-state index in [0.29, 0.717) is 5.69 Å². The lowest BCUT2D eigenvalue weighted by Crippen LogP contribution is -2.07. The van der Waals surface area contributed by atoms with E-state index in [9.17, 15) is 13.9 Å². The van der Waals surface area contributed by atoms with Gasteiger partial charge < -0.3 is 5.11 Å². The normalized spacial score (nSPS) is 12.8. The van der Waals surface area contributed by atoms with Crippen LogP contribution in [0.15, 0.2) is 18.2 Å². The highest BCUT2D eigenvalue weighted by molar-refractivity contribution is 6.30. The first-order valence-electron chi connectivity index (χ1n) is 5.24. The Morgan fingerprint density at radius 2 is 1.83 bits per heavy atom. The van der Waals surface area contributed by atoms with E-state index in [2.05, 4.69) is 5.10 Å². The van der Waals surface area contributed by atoms with Crippen molar-refractivity contribution in [3.05, 3.63) is 51.8 Å². The van der Waals surface area contributed by atoms with Crippen molar-refractivity contribution >= 4 is 11.6 Å². The molecule has 1 unspecified atom stereocenters. The van der Waals surface area contributed by atoms with Crippen LogP contribution in [0.4, 0.5) is 8.78 Å². The van der Waals surface area contributed by atoms with Gasteiger partial charge in [0.05, 0.1) is 11.3 Å². The molecule has 0 saturated heterocycles. The summed E-state index contributed by atoms with van der Waals surface area (Å²) in [6, 6.07) is 3.40. The van der Waals surface area contributed by atoms with Crippen LogP contribution in [0.1, 0.15) is 22.9 Å². The van der Waals surface area contributed by atoms with Gasteiger partial charge in [-0.3, -0.25) is 4.68 Å². The second kappa shape index (κ2) is 4.66. The Morgan fingerprint density at radius 3 is 2.28 bits per heavy atom. The molecule has 96 valence electrons. The molecule has 0 aliphatic heterocycles. The number of hydrogen-bond acceptors (Lipinski definition) is 2. The summed E-state index contributed by atoms with van der Waals surface area (Å²) in [6.45, 7) is 1.61. The molecule has 1 aromatic carbocycles. The summed E-state index contributed by atoms with van der Waals surface area (Å²) >= 11 is 5.96. The predicted molar refractivity (Wildman–Crippen MR) is 63.4 cm³/mol. The van der Waals surface area contributed by atoms with Crippen LogP contribution in [-0.2, 0) is 7.05 Å². The highest BCUT2D eigenvalue weighted by atomic mass is 35.5. The predicted octanol–water partition coefficient (Wildman–Crippen LogP) is 2.74. The molecule has 0 spiro atoms. The first-order valence-corrected chi connectivity index (χ1v) is 5.62. The first-order chi connectivity index (χ1) is 8.43. The standard InChI is InChI=1S/C12H11ClF2N2O/c1-6-9(12(13)17(2)16-6)11(18)10-7(14)4-3-5-8(10)15/h3-5,11,18H,1-2H3. The Labute approximate surface area is 108 Å². The van der Waals surface area contributed by atoms with Gasteiger partial charge in [0.25, 0.3) is 0 Å². The van der Waals surface area contributed by atoms with Crippen molar-refractivity contribution in [3.63, 3.8) is 0 Å². The van der Waals surface area contributed by atoms with Crippen LogP contribution in [0.2, 0.25) is 5.15 Å². The maximum absolute atomic E-state index is 13.6. The number of aliphatic hydroxyl groups excluding tert-OH is 1. The van der Waals surface area contributed by atoms with Crippen LogP contribution >= 0.6 is 11.6 Å². The van der Waals surface area contributed by atoms with E-state index in [0.717, 1.165) is 12.1 Å². The van der Waals surface area contributed by atoms with Gasteiger partial charge in [0.2, 0.25) is 0 Å². The van der Waals surface area contributed by atoms with Gasteiger partial charge in [0.15, 0.2) is 0 Å². The minimum atomic E-state index is -1.48. The van der Waals surface area contributed by atoms with Gasteiger partial charge >= 0.3 is 0 Å². The van der Waals surface area contributed by atoms with Crippen molar-refractivity contribution < 1.29 is 13.9 Å². The van der Waals surface area contributed by atoms with E-state index in [1.54, 1.807) is 14.0 Å². The zero-order valence-corrected chi connectivity index (χ0v) is 10.5. The number of aromatic nitrogens is 2. The van der Waals surface area contributed by atoms with E-state index >= 15 is 0 Å². The third kappa shape index (κ3) is 2.00. The van der Waals surface area contributed by atoms with Gasteiger partial charge in [-0.25, -0.2) is 8.78 Å². The number of rotatable bonds is 2. The average molecular weight is 273 g/mol. The minimum Gasteiger partial charge on any atom is -0.383 e. The van der Waals surface area contributed by atoms with E-state index in [4.69, 9.17) is 11.6 Å². The highest BCUT2D eigenvalue weighted by Crippen LogP contribution is 2.33. The summed E-state index contributed by atoms with van der Waals surface area (Å²) in [6.07, 6.45) is -1.48. The zero-order valence-electron chi connectivity index (χ0n) is 9.78. The summed E-state index contributed by atoms with van der Waals surface area (Å²) in [5.74, 6) is -1.64. The summed E-state index contributed by atoms with van der Waals surface area (Å²) in [5.41, 5.74) is 0.219. The van der Waals surface area contributed by atoms with Gasteiger partial charge in [-0.05, 0) is 19.1 Å². The van der Waals surface area contributed by atoms with Crippen molar-refractivity contribution in [1.29, 1.82) is 0 Å². The Balaban J connectivity index is 2.58. The lowest BCUT2D eigenvalue weighted by atomic mass is 10.0. The zero-order chi connectivity index (χ0) is 13.4. The molecule has 2 aromatic rings. The van der Waals surface area contributed by atoms with E-state index in [1.807, 2.05) is 0 Å². The molecule has 0 aliphatic rings. The molecule has 6 heteroatoms. The molecule has 3 nitrogen and oxygen atoms in total. The number of aryl methyl sites for hydroxylation is 2. The Kier molecular flexibility index (Phi) is 3.36. The molecule has 0 fully saturated rings. The first kappa shape index (κ1) is 13.0. The third-order valence-corrected chi connectivity index (χ3v) is 3.19. The third-order valence-electron chi connectivity index (χ3n) is 2.74. The number of hydrogen-bond donors (Lipinski definition) is 1. The van der Waals surface area contributed by atoms with Crippen molar-refractivity contribution in [2.24, 2.45) is 7.05 Å². The molecule has 1 aromatic heterocycles. The molecule has 0 radical (unpaired) electrons. The Bertz CT molecular complexity index is 578. The lowest BCUT2D eigenvalue weighted by molar-refractivity contribution is 0.208. The van der Waals surface area contributed by atoms with Gasteiger partial charge in [-0.1, -0.05) is 17.7 Å². The topological polar surface area (TPSA) is 38.0 Å². The molecule has 0 amide bonds. The monoisotopic (exact) mass is 272 g/mol. The summed E-state index contributed by atoms with van der Waals surface area (Å²) < 4.78 is 28.5. The second-order valence-corrected chi connectivity index (χ2v) is 4.31. The number of aliphatic hydroxyl groups is 1. The molecule has 1 N–H and O–H groups in total. The van der Waals surface area contributed by atoms with Crippen molar-refractivity contribution in [1.82, 2.24) is 9.78 Å². The Morgan fingerprint density at radius 1 is 1.28 bits per heavy atom. The van der Waals surface area contributed by atoms with Crippen molar-refractivity contribution in [2.75, 3.05) is 0 Å². The summed E-state index contributed by atoms with van der Waals surface area (Å²) in [5, 5.41) is 14.3. The van der Waals surface area contributed by atoms with Crippen LogP contribution < -0.4 is 0 Å². The van der Waals surface area contributed by atoms with Crippen LogP contribution in [0, 0.1) is 18.6 Å². The summed E-state index contributed by atoms with van der Waals surface area (Å²) in [7, 11) is 1.59. The molecular formula is C12H11ClF2N2O. The van der Waals surface area contributed by atoms with Crippen molar-refractivity contribution in [2.45, 2.75) is 13.0 Å². The van der Waals surface area contributed by atoms with Gasteiger partial charge in [-0.15, -0.1) is 0 Å². The fourth-order valence-corrected chi connectivity index (χ4v) is 2.15.